The summed E-state index contributed by atoms with van der Waals surface area (Å²) in [5, 5.41) is 9.55. The lowest BCUT2D eigenvalue weighted by molar-refractivity contribution is 0.0734. The Kier molecular flexibility index (Phi) is 8.84. The van der Waals surface area contributed by atoms with Crippen LogP contribution in [0.3, 0.4) is 0 Å². The third kappa shape index (κ3) is 6.80. The van der Waals surface area contributed by atoms with Gasteiger partial charge in [0, 0.05) is 0 Å². The quantitative estimate of drug-likeness (QED) is 0.239. The minimum absolute atomic E-state index is 0.307. The molecule has 3 nitrogen and oxygen atoms in total. The largest absolute Gasteiger partial charge is 0.422 e. The normalized spacial score (nSPS) is 11.6. The number of esters is 1. The van der Waals surface area contributed by atoms with Gasteiger partial charge in [-0.1, -0.05) is 82.5 Å². The highest BCUT2D eigenvalue weighted by molar-refractivity contribution is 5.92. The van der Waals surface area contributed by atoms with Crippen LogP contribution >= 0.6 is 0 Å². The average Bonchev–Trinajstić information content (AvgIpc) is 2.84. The van der Waals surface area contributed by atoms with Gasteiger partial charge >= 0.3 is 5.97 Å². The van der Waals surface area contributed by atoms with Crippen LogP contribution in [-0.2, 0) is 12.8 Å². The van der Waals surface area contributed by atoms with Gasteiger partial charge in [0.2, 0.25) is 0 Å². The summed E-state index contributed by atoms with van der Waals surface area (Å²) in [6.45, 7) is 6.59. The molecule has 0 spiro atoms. The summed E-state index contributed by atoms with van der Waals surface area (Å²) in [6.07, 6.45) is 6.70. The predicted octanol–water partition coefficient (Wildman–Crippen LogP) is 7.77. The van der Waals surface area contributed by atoms with E-state index in [-0.39, 0.29) is 0 Å². The maximum atomic E-state index is 12.7. The van der Waals surface area contributed by atoms with Crippen molar-refractivity contribution >= 4 is 5.97 Å². The zero-order valence-electron chi connectivity index (χ0n) is 19.9. The third-order valence-corrected chi connectivity index (χ3v) is 5.96. The van der Waals surface area contributed by atoms with E-state index in [2.05, 4.69) is 51.1 Å². The smallest absolute Gasteiger partial charge is 0.343 e. The summed E-state index contributed by atoms with van der Waals surface area (Å²) in [6, 6.07) is 23.7. The maximum Gasteiger partial charge on any atom is 0.343 e. The van der Waals surface area contributed by atoms with Crippen molar-refractivity contribution in [3.8, 4) is 22.9 Å². The van der Waals surface area contributed by atoms with Crippen LogP contribution in [0.4, 0.5) is 0 Å². The second-order valence-corrected chi connectivity index (χ2v) is 8.81. The van der Waals surface area contributed by atoms with Crippen molar-refractivity contribution < 1.29 is 9.53 Å². The highest BCUT2D eigenvalue weighted by Gasteiger charge is 2.14. The lowest BCUT2D eigenvalue weighted by atomic mass is 9.96. The van der Waals surface area contributed by atoms with Crippen LogP contribution in [-0.4, -0.2) is 5.97 Å². The molecule has 3 heteroatoms. The van der Waals surface area contributed by atoms with E-state index >= 15 is 0 Å². The van der Waals surface area contributed by atoms with Crippen LogP contribution in [0.1, 0.15) is 73.5 Å². The van der Waals surface area contributed by atoms with Crippen molar-refractivity contribution in [1.29, 1.82) is 5.26 Å². The number of nitrogens with zero attached hydrogens (tertiary/aromatic N) is 1. The number of benzene rings is 3. The van der Waals surface area contributed by atoms with E-state index in [0.29, 0.717) is 22.8 Å². The van der Waals surface area contributed by atoms with Crippen molar-refractivity contribution in [2.24, 2.45) is 5.92 Å². The molecule has 0 bridgehead atoms. The van der Waals surface area contributed by atoms with E-state index < -0.39 is 5.97 Å². The summed E-state index contributed by atoms with van der Waals surface area (Å²) in [4.78, 5) is 12.7. The van der Waals surface area contributed by atoms with Crippen LogP contribution in [0.15, 0.2) is 66.7 Å². The second kappa shape index (κ2) is 12.0. The molecule has 1 unspecified atom stereocenters. The summed E-state index contributed by atoms with van der Waals surface area (Å²) < 4.78 is 5.57. The zero-order valence-corrected chi connectivity index (χ0v) is 19.9. The average molecular weight is 440 g/mol. The lowest BCUT2D eigenvalue weighted by Gasteiger charge is -2.12. The van der Waals surface area contributed by atoms with E-state index in [9.17, 15) is 10.1 Å². The number of aryl methyl sites for hydroxylation is 1. The molecular formula is C30H33NO2. The highest BCUT2D eigenvalue weighted by atomic mass is 16.5. The molecule has 0 N–H and O–H groups in total. The number of ether oxygens (including phenoxy) is 1. The topological polar surface area (TPSA) is 50.1 Å². The molecule has 0 saturated heterocycles. The van der Waals surface area contributed by atoms with Crippen LogP contribution in [0, 0.1) is 17.2 Å². The minimum Gasteiger partial charge on any atom is -0.422 e. The lowest BCUT2D eigenvalue weighted by Crippen LogP contribution is -2.09. The molecule has 0 aromatic heterocycles. The third-order valence-electron chi connectivity index (χ3n) is 5.96. The van der Waals surface area contributed by atoms with Gasteiger partial charge in [-0.3, -0.25) is 0 Å². The standard InChI is InChI=1S/C30H33NO2/c1-4-6-8-23-9-12-25(13-10-23)26-14-16-27(17-15-26)30(32)33-29-18-11-24(20-28(29)21-31)19-22(3)7-5-2/h9-18,20,22H,4-8,19H2,1-3H3. The fraction of sp³-hybridized carbons (Fsp3) is 0.333. The van der Waals surface area contributed by atoms with Crippen molar-refractivity contribution in [3.63, 3.8) is 0 Å². The number of hydrogen-bond donors (Lipinski definition) is 0. The van der Waals surface area contributed by atoms with E-state index in [4.69, 9.17) is 4.74 Å². The number of nitriles is 1. The van der Waals surface area contributed by atoms with Crippen LogP contribution in [0.5, 0.6) is 5.75 Å². The van der Waals surface area contributed by atoms with Gasteiger partial charge in [-0.15, -0.1) is 0 Å². The number of carbonyl (C=O) groups excluding carboxylic acids is 1. The molecule has 1 atom stereocenters. The monoisotopic (exact) mass is 439 g/mol. The van der Waals surface area contributed by atoms with E-state index in [0.717, 1.165) is 42.4 Å². The van der Waals surface area contributed by atoms with E-state index in [1.807, 2.05) is 24.3 Å². The molecule has 0 saturated carbocycles. The molecule has 3 aromatic carbocycles. The summed E-state index contributed by atoms with van der Waals surface area (Å²) in [5.41, 5.74) is 5.47. The Morgan fingerprint density at radius 1 is 0.909 bits per heavy atom. The Labute approximate surface area is 198 Å². The van der Waals surface area contributed by atoms with Gasteiger partial charge in [-0.25, -0.2) is 4.79 Å². The molecule has 0 aliphatic rings. The molecule has 0 heterocycles. The Balaban J connectivity index is 1.67. The minimum atomic E-state index is -0.458. The molecule has 0 aliphatic carbocycles. The molecule has 33 heavy (non-hydrogen) atoms. The Morgan fingerprint density at radius 2 is 1.55 bits per heavy atom. The Bertz CT molecular complexity index is 1090. The van der Waals surface area contributed by atoms with Crippen molar-refractivity contribution in [1.82, 2.24) is 0 Å². The molecule has 170 valence electrons. The van der Waals surface area contributed by atoms with E-state index in [1.54, 1.807) is 18.2 Å². The number of rotatable bonds is 10. The zero-order chi connectivity index (χ0) is 23.6. The second-order valence-electron chi connectivity index (χ2n) is 8.81. The van der Waals surface area contributed by atoms with Gasteiger partial charge < -0.3 is 4.74 Å². The summed E-state index contributed by atoms with van der Waals surface area (Å²) in [7, 11) is 0. The van der Waals surface area contributed by atoms with E-state index in [1.165, 1.54) is 18.4 Å². The summed E-state index contributed by atoms with van der Waals surface area (Å²) >= 11 is 0. The molecule has 3 rings (SSSR count). The van der Waals surface area contributed by atoms with Crippen LogP contribution in [0.2, 0.25) is 0 Å². The SMILES string of the molecule is CCCCc1ccc(-c2ccc(C(=O)Oc3ccc(CC(C)CCC)cc3C#N)cc2)cc1. The van der Waals surface area contributed by atoms with Gasteiger partial charge in [0.15, 0.2) is 0 Å². The number of carbonyl (C=O) groups is 1. The fourth-order valence-corrected chi connectivity index (χ4v) is 4.08. The highest BCUT2D eigenvalue weighted by Crippen LogP contribution is 2.25. The predicted molar refractivity (Wildman–Crippen MR) is 134 cm³/mol. The number of unbranched alkanes of at least 4 members (excludes halogenated alkanes) is 1. The molecule has 0 aliphatic heterocycles. The van der Waals surface area contributed by atoms with Crippen molar-refractivity contribution in [2.45, 2.75) is 59.3 Å². The van der Waals surface area contributed by atoms with Crippen molar-refractivity contribution in [2.75, 3.05) is 0 Å². The Morgan fingerprint density at radius 3 is 2.15 bits per heavy atom. The first kappa shape index (κ1) is 24.3. The molecule has 0 fully saturated rings. The summed E-state index contributed by atoms with van der Waals surface area (Å²) in [5.74, 6) is 0.405. The van der Waals surface area contributed by atoms with Gasteiger partial charge in [0.25, 0.3) is 0 Å². The molecular weight excluding hydrogens is 406 g/mol. The first-order valence-corrected chi connectivity index (χ1v) is 12.0. The van der Waals surface area contributed by atoms with Gasteiger partial charge in [0.1, 0.15) is 11.8 Å². The molecule has 0 radical (unpaired) electrons. The van der Waals surface area contributed by atoms with Crippen LogP contribution < -0.4 is 4.74 Å². The molecule has 0 amide bonds. The maximum absolute atomic E-state index is 12.7. The first-order chi connectivity index (χ1) is 16.0. The fourth-order valence-electron chi connectivity index (χ4n) is 4.08. The van der Waals surface area contributed by atoms with Gasteiger partial charge in [-0.2, -0.15) is 5.26 Å². The number of hydrogen-bond acceptors (Lipinski definition) is 3. The van der Waals surface area contributed by atoms with Crippen LogP contribution in [0.25, 0.3) is 11.1 Å². The van der Waals surface area contributed by atoms with Gasteiger partial charge in [-0.05, 0) is 71.7 Å². The first-order valence-electron chi connectivity index (χ1n) is 12.0. The van der Waals surface area contributed by atoms with Gasteiger partial charge in [0.05, 0.1) is 11.1 Å². The van der Waals surface area contributed by atoms with Crippen molar-refractivity contribution in [3.05, 3.63) is 89.0 Å². The molecule has 3 aromatic rings. The Hall–Kier alpha value is -3.38.